The van der Waals surface area contributed by atoms with E-state index in [-0.39, 0.29) is 12.1 Å². The lowest BCUT2D eigenvalue weighted by Crippen LogP contribution is -2.60. The lowest BCUT2D eigenvalue weighted by Gasteiger charge is -2.46. The smallest absolute Gasteiger partial charge is 0.410 e. The van der Waals surface area contributed by atoms with Crippen LogP contribution in [0.15, 0.2) is 24.3 Å². The Morgan fingerprint density at radius 2 is 2.00 bits per heavy atom. The predicted molar refractivity (Wildman–Crippen MR) is 82.5 cm³/mol. The van der Waals surface area contributed by atoms with Crippen molar-refractivity contribution in [2.45, 2.75) is 39.3 Å². The maximum Gasteiger partial charge on any atom is 0.410 e. The average molecular weight is 302 g/mol. The summed E-state index contributed by atoms with van der Waals surface area (Å²) in [6, 6.07) is 9.04. The second-order valence-corrected chi connectivity index (χ2v) is 6.62. The van der Waals surface area contributed by atoms with Crippen LogP contribution in [0.1, 0.15) is 33.3 Å². The van der Waals surface area contributed by atoms with Gasteiger partial charge >= 0.3 is 6.09 Å². The molecule has 22 heavy (non-hydrogen) atoms. The molecule has 1 saturated heterocycles. The highest BCUT2D eigenvalue weighted by atomic mass is 16.6. The summed E-state index contributed by atoms with van der Waals surface area (Å²) in [4.78, 5) is 13.8. The van der Waals surface area contributed by atoms with Crippen LogP contribution >= 0.6 is 0 Å². The third-order valence-corrected chi connectivity index (χ3v) is 3.57. The Bertz CT molecular complexity index is 569. The minimum Gasteiger partial charge on any atom is -0.491 e. The zero-order valence-electron chi connectivity index (χ0n) is 13.5. The van der Waals surface area contributed by atoms with E-state index in [1.54, 1.807) is 29.2 Å². The van der Waals surface area contributed by atoms with E-state index in [4.69, 9.17) is 14.7 Å². The molecule has 2 unspecified atom stereocenters. The Morgan fingerprint density at radius 1 is 1.36 bits per heavy atom. The van der Waals surface area contributed by atoms with Gasteiger partial charge in [-0.15, -0.1) is 0 Å². The van der Waals surface area contributed by atoms with Crippen LogP contribution in [0.5, 0.6) is 5.75 Å². The van der Waals surface area contributed by atoms with Gasteiger partial charge in [0, 0.05) is 6.54 Å². The molecule has 2 atom stereocenters. The van der Waals surface area contributed by atoms with Gasteiger partial charge in [0.1, 0.15) is 18.0 Å². The second-order valence-electron chi connectivity index (χ2n) is 6.62. The van der Waals surface area contributed by atoms with E-state index in [1.165, 1.54) is 0 Å². The summed E-state index contributed by atoms with van der Waals surface area (Å²) in [5.74, 6) is 1.08. The predicted octanol–water partition coefficient (Wildman–Crippen LogP) is 3.19. The van der Waals surface area contributed by atoms with E-state index >= 15 is 0 Å². The molecule has 0 radical (unpaired) electrons. The normalized spacial score (nSPS) is 20.8. The van der Waals surface area contributed by atoms with Crippen LogP contribution in [0, 0.1) is 17.2 Å². The number of nitrogens with zero attached hydrogens (tertiary/aromatic N) is 2. The van der Waals surface area contributed by atoms with E-state index < -0.39 is 5.60 Å². The number of hydrogen-bond donors (Lipinski definition) is 0. The van der Waals surface area contributed by atoms with Crippen LogP contribution < -0.4 is 4.74 Å². The largest absolute Gasteiger partial charge is 0.491 e. The molecule has 0 bridgehead atoms. The zero-order chi connectivity index (χ0) is 16.3. The second kappa shape index (κ2) is 6.27. The molecule has 0 saturated carbocycles. The summed E-state index contributed by atoms with van der Waals surface area (Å²) in [7, 11) is 0. The molecular weight excluding hydrogens is 280 g/mol. The lowest BCUT2D eigenvalue weighted by atomic mass is 9.91. The van der Waals surface area contributed by atoms with Crippen molar-refractivity contribution in [1.82, 2.24) is 4.90 Å². The van der Waals surface area contributed by atoms with Gasteiger partial charge < -0.3 is 14.4 Å². The number of rotatable bonds is 3. The average Bonchev–Trinajstić information content (AvgIpc) is 2.43. The van der Waals surface area contributed by atoms with Crippen LogP contribution in [0.4, 0.5) is 4.79 Å². The van der Waals surface area contributed by atoms with Crippen molar-refractivity contribution in [2.24, 2.45) is 5.92 Å². The Balaban J connectivity index is 1.90. The minimum atomic E-state index is -0.492. The third kappa shape index (κ3) is 3.91. The van der Waals surface area contributed by atoms with Crippen molar-refractivity contribution in [3.8, 4) is 11.8 Å². The third-order valence-electron chi connectivity index (χ3n) is 3.57. The Labute approximate surface area is 131 Å². The molecule has 1 heterocycles. The minimum absolute atomic E-state index is 0.0190. The first kappa shape index (κ1) is 16.2. The fourth-order valence-corrected chi connectivity index (χ4v) is 2.33. The molecular formula is C17H22N2O3. The summed E-state index contributed by atoms with van der Waals surface area (Å²) in [5.41, 5.74) is 0.105. The molecule has 1 fully saturated rings. The summed E-state index contributed by atoms with van der Waals surface area (Å²) >= 11 is 0. The van der Waals surface area contributed by atoms with Crippen LogP contribution in [0.3, 0.4) is 0 Å². The first-order valence-corrected chi connectivity index (χ1v) is 7.43. The van der Waals surface area contributed by atoms with Gasteiger partial charge in [0.2, 0.25) is 0 Å². The topological polar surface area (TPSA) is 62.6 Å². The summed E-state index contributed by atoms with van der Waals surface area (Å²) in [5, 5.41) is 8.77. The van der Waals surface area contributed by atoms with E-state index in [9.17, 15) is 4.79 Å². The quantitative estimate of drug-likeness (QED) is 0.860. The van der Waals surface area contributed by atoms with E-state index in [0.717, 1.165) is 0 Å². The first-order chi connectivity index (χ1) is 10.3. The van der Waals surface area contributed by atoms with E-state index in [2.05, 4.69) is 13.0 Å². The fourth-order valence-electron chi connectivity index (χ4n) is 2.33. The molecule has 0 N–H and O–H groups in total. The van der Waals surface area contributed by atoms with Crippen molar-refractivity contribution in [1.29, 1.82) is 5.26 Å². The fraction of sp³-hybridized carbons (Fsp3) is 0.529. The highest BCUT2D eigenvalue weighted by molar-refractivity contribution is 5.69. The number of carbonyl (C=O) groups is 1. The van der Waals surface area contributed by atoms with Crippen molar-refractivity contribution >= 4 is 6.09 Å². The number of benzene rings is 1. The maximum atomic E-state index is 12.1. The molecule has 1 amide bonds. The summed E-state index contributed by atoms with van der Waals surface area (Å²) in [6.07, 6.45) is -0.293. The van der Waals surface area contributed by atoms with Gasteiger partial charge in [0.25, 0.3) is 0 Å². The summed E-state index contributed by atoms with van der Waals surface area (Å²) in [6.45, 7) is 8.78. The Morgan fingerprint density at radius 3 is 2.50 bits per heavy atom. The van der Waals surface area contributed by atoms with Crippen LogP contribution in [-0.4, -0.2) is 35.8 Å². The first-order valence-electron chi connectivity index (χ1n) is 7.43. The number of nitriles is 1. The molecule has 2 rings (SSSR count). The van der Waals surface area contributed by atoms with Crippen molar-refractivity contribution in [3.63, 3.8) is 0 Å². The number of hydrogen-bond acceptors (Lipinski definition) is 4. The Kier molecular flexibility index (Phi) is 4.60. The van der Waals surface area contributed by atoms with Gasteiger partial charge in [0.15, 0.2) is 0 Å². The molecule has 1 aliphatic heterocycles. The van der Waals surface area contributed by atoms with Crippen molar-refractivity contribution in [2.75, 3.05) is 13.2 Å². The molecule has 1 aromatic rings. The number of carbonyl (C=O) groups excluding carboxylic acids is 1. The number of ether oxygens (including phenoxy) is 2. The molecule has 1 aromatic carbocycles. The molecule has 0 aliphatic carbocycles. The molecule has 0 spiro atoms. The monoisotopic (exact) mass is 302 g/mol. The molecule has 5 heteroatoms. The van der Waals surface area contributed by atoms with Crippen LogP contribution in [0.25, 0.3) is 0 Å². The molecule has 1 aliphatic rings. The van der Waals surface area contributed by atoms with Crippen molar-refractivity contribution < 1.29 is 14.3 Å². The zero-order valence-corrected chi connectivity index (χ0v) is 13.5. The number of amides is 1. The van der Waals surface area contributed by atoms with Gasteiger partial charge in [-0.2, -0.15) is 5.26 Å². The Hall–Kier alpha value is -2.22. The van der Waals surface area contributed by atoms with E-state index in [1.807, 2.05) is 20.8 Å². The standard InChI is InChI=1S/C17H22N2O3/c1-12-10-19(16(20)22-17(2,3)4)15(12)11-21-14-7-5-13(9-18)6-8-14/h5-8,12,15H,10-11H2,1-4H3. The van der Waals surface area contributed by atoms with Gasteiger partial charge in [-0.3, -0.25) is 0 Å². The molecule has 0 aromatic heterocycles. The van der Waals surface area contributed by atoms with E-state index in [0.29, 0.717) is 30.4 Å². The highest BCUT2D eigenvalue weighted by Crippen LogP contribution is 2.27. The van der Waals surface area contributed by atoms with Gasteiger partial charge in [0.05, 0.1) is 17.7 Å². The SMILES string of the molecule is CC1CN(C(=O)OC(C)(C)C)C1COc1ccc(C#N)cc1. The van der Waals surface area contributed by atoms with Crippen LogP contribution in [0.2, 0.25) is 0 Å². The van der Waals surface area contributed by atoms with Crippen LogP contribution in [-0.2, 0) is 4.74 Å². The lowest BCUT2D eigenvalue weighted by molar-refractivity contribution is -0.0377. The summed E-state index contributed by atoms with van der Waals surface area (Å²) < 4.78 is 11.1. The number of likely N-dealkylation sites (tertiary alicyclic amines) is 1. The van der Waals surface area contributed by atoms with Gasteiger partial charge in [-0.1, -0.05) is 6.92 Å². The van der Waals surface area contributed by atoms with Gasteiger partial charge in [-0.05, 0) is 51.0 Å². The maximum absolute atomic E-state index is 12.1. The molecule has 5 nitrogen and oxygen atoms in total. The molecule has 118 valence electrons. The van der Waals surface area contributed by atoms with Crippen molar-refractivity contribution in [3.05, 3.63) is 29.8 Å². The van der Waals surface area contributed by atoms with Gasteiger partial charge in [-0.25, -0.2) is 4.79 Å². The highest BCUT2D eigenvalue weighted by Gasteiger charge is 2.41.